The van der Waals surface area contributed by atoms with Crippen LogP contribution in [0.1, 0.15) is 22.8 Å². The fourth-order valence-electron chi connectivity index (χ4n) is 1.77. The zero-order valence-corrected chi connectivity index (χ0v) is 11.4. The Kier molecular flexibility index (Phi) is 3.97. The smallest absolute Gasteiger partial charge is 0.304 e. The van der Waals surface area contributed by atoms with Gasteiger partial charge < -0.3 is 5.11 Å². The number of aliphatic carboxylic acids is 1. The van der Waals surface area contributed by atoms with Gasteiger partial charge in [-0.15, -0.1) is 11.3 Å². The molecule has 1 aromatic heterocycles. The maximum absolute atomic E-state index is 11.0. The summed E-state index contributed by atoms with van der Waals surface area (Å²) in [6.07, 6.45) is 0.122. The van der Waals surface area contributed by atoms with Crippen LogP contribution in [0.3, 0.4) is 0 Å². The Labute approximate surface area is 112 Å². The summed E-state index contributed by atoms with van der Waals surface area (Å²) < 4.78 is 0.974. The third-order valence-corrected chi connectivity index (χ3v) is 4.00. The molecule has 0 spiro atoms. The Hall–Kier alpha value is -1.13. The van der Waals surface area contributed by atoms with Crippen molar-refractivity contribution < 1.29 is 9.90 Å². The van der Waals surface area contributed by atoms with Gasteiger partial charge in [0.15, 0.2) is 0 Å². The summed E-state index contributed by atoms with van der Waals surface area (Å²) in [5.74, 6) is -0.839. The molecule has 0 aliphatic heterocycles. The van der Waals surface area contributed by atoms with E-state index in [1.54, 1.807) is 11.3 Å². The highest BCUT2D eigenvalue weighted by Crippen LogP contribution is 2.32. The number of carboxylic acid groups (broad SMARTS) is 1. The van der Waals surface area contributed by atoms with Gasteiger partial charge >= 0.3 is 5.97 Å². The van der Waals surface area contributed by atoms with Gasteiger partial charge in [-0.05, 0) is 29.1 Å². The van der Waals surface area contributed by atoms with E-state index < -0.39 is 5.97 Å². The minimum absolute atomic E-state index is 0.0648. The van der Waals surface area contributed by atoms with Gasteiger partial charge in [-0.25, -0.2) is 0 Å². The monoisotopic (exact) mass is 310 g/mol. The first kappa shape index (κ1) is 12.3. The number of benzene rings is 1. The zero-order valence-electron chi connectivity index (χ0n) is 8.97. The molecule has 0 fully saturated rings. The molecule has 17 heavy (non-hydrogen) atoms. The van der Waals surface area contributed by atoms with Crippen LogP contribution in [0, 0.1) is 0 Å². The Morgan fingerprint density at radius 3 is 2.76 bits per heavy atom. The summed E-state index contributed by atoms with van der Waals surface area (Å²) in [5, 5.41) is 11.0. The number of carboxylic acids is 1. The topological polar surface area (TPSA) is 37.3 Å². The average Bonchev–Trinajstić information content (AvgIpc) is 2.79. The van der Waals surface area contributed by atoms with Crippen molar-refractivity contribution >= 4 is 33.2 Å². The molecule has 0 saturated carbocycles. The van der Waals surface area contributed by atoms with E-state index in [2.05, 4.69) is 15.9 Å². The third-order valence-electron chi connectivity index (χ3n) is 2.52. The van der Waals surface area contributed by atoms with Crippen molar-refractivity contribution in [3.8, 4) is 0 Å². The van der Waals surface area contributed by atoms with Crippen LogP contribution < -0.4 is 0 Å². The second-order valence-corrected chi connectivity index (χ2v) is 5.62. The number of hydrogen-bond donors (Lipinski definition) is 1. The molecule has 1 N–H and O–H groups in total. The number of rotatable bonds is 4. The van der Waals surface area contributed by atoms with E-state index >= 15 is 0 Å². The molecule has 0 radical (unpaired) electrons. The maximum Gasteiger partial charge on any atom is 0.304 e. The summed E-state index contributed by atoms with van der Waals surface area (Å²) in [4.78, 5) is 12.0. The van der Waals surface area contributed by atoms with Crippen molar-refractivity contribution in [3.63, 3.8) is 0 Å². The van der Waals surface area contributed by atoms with Gasteiger partial charge in [0.05, 0.1) is 6.42 Å². The first-order chi connectivity index (χ1) is 8.16. The van der Waals surface area contributed by atoms with Crippen LogP contribution >= 0.6 is 27.3 Å². The van der Waals surface area contributed by atoms with Gasteiger partial charge in [0, 0.05) is 15.3 Å². The van der Waals surface area contributed by atoms with Crippen LogP contribution in [-0.2, 0) is 4.79 Å². The van der Waals surface area contributed by atoms with Crippen molar-refractivity contribution in [2.75, 3.05) is 0 Å². The Bertz CT molecular complexity index is 508. The first-order valence-electron chi connectivity index (χ1n) is 5.17. The van der Waals surface area contributed by atoms with E-state index in [1.807, 2.05) is 41.8 Å². The predicted molar refractivity (Wildman–Crippen MR) is 72.6 cm³/mol. The molecule has 1 aromatic carbocycles. The minimum atomic E-state index is -0.775. The van der Waals surface area contributed by atoms with Gasteiger partial charge in [-0.2, -0.15) is 0 Å². The van der Waals surface area contributed by atoms with Gasteiger partial charge in [0.25, 0.3) is 0 Å². The molecule has 0 bridgehead atoms. The van der Waals surface area contributed by atoms with Crippen molar-refractivity contribution in [1.29, 1.82) is 0 Å². The quantitative estimate of drug-likeness (QED) is 0.922. The van der Waals surface area contributed by atoms with E-state index in [9.17, 15) is 4.79 Å². The summed E-state index contributed by atoms with van der Waals surface area (Å²) in [6.45, 7) is 0. The molecular formula is C13H11BrO2S. The SMILES string of the molecule is O=C(O)CC(c1cccc(Br)c1)c1cccs1. The van der Waals surface area contributed by atoms with Crippen LogP contribution in [0.15, 0.2) is 46.3 Å². The number of carbonyl (C=O) groups is 1. The molecule has 2 rings (SSSR count). The van der Waals surface area contributed by atoms with Crippen molar-refractivity contribution in [2.45, 2.75) is 12.3 Å². The molecule has 0 saturated heterocycles. The first-order valence-corrected chi connectivity index (χ1v) is 6.85. The highest BCUT2D eigenvalue weighted by Gasteiger charge is 2.18. The molecule has 4 heteroatoms. The lowest BCUT2D eigenvalue weighted by molar-refractivity contribution is -0.137. The van der Waals surface area contributed by atoms with Crippen LogP contribution in [0.5, 0.6) is 0 Å². The fraction of sp³-hybridized carbons (Fsp3) is 0.154. The number of thiophene rings is 1. The molecule has 2 nitrogen and oxygen atoms in total. The third kappa shape index (κ3) is 3.17. The molecule has 0 amide bonds. The van der Waals surface area contributed by atoms with Crippen LogP contribution in [0.2, 0.25) is 0 Å². The van der Waals surface area contributed by atoms with E-state index in [-0.39, 0.29) is 12.3 Å². The van der Waals surface area contributed by atoms with E-state index in [0.29, 0.717) is 0 Å². The highest BCUT2D eigenvalue weighted by atomic mass is 79.9. The van der Waals surface area contributed by atoms with Gasteiger partial charge in [-0.3, -0.25) is 4.79 Å². The van der Waals surface area contributed by atoms with E-state index in [0.717, 1.165) is 14.9 Å². The summed E-state index contributed by atoms with van der Waals surface area (Å²) in [7, 11) is 0. The summed E-state index contributed by atoms with van der Waals surface area (Å²) in [5.41, 5.74) is 1.03. The van der Waals surface area contributed by atoms with Crippen molar-refractivity contribution in [2.24, 2.45) is 0 Å². The molecule has 1 unspecified atom stereocenters. The van der Waals surface area contributed by atoms with Crippen molar-refractivity contribution in [3.05, 3.63) is 56.7 Å². The largest absolute Gasteiger partial charge is 0.481 e. The molecular weight excluding hydrogens is 300 g/mol. The van der Waals surface area contributed by atoms with Crippen LogP contribution in [0.25, 0.3) is 0 Å². The molecule has 2 aromatic rings. The van der Waals surface area contributed by atoms with E-state index in [1.165, 1.54) is 0 Å². The zero-order chi connectivity index (χ0) is 12.3. The summed E-state index contributed by atoms with van der Waals surface area (Å²) >= 11 is 5.01. The second kappa shape index (κ2) is 5.47. The highest BCUT2D eigenvalue weighted by molar-refractivity contribution is 9.10. The Balaban J connectivity index is 2.36. The lowest BCUT2D eigenvalue weighted by Gasteiger charge is -2.13. The maximum atomic E-state index is 11.0. The van der Waals surface area contributed by atoms with Gasteiger partial charge in [-0.1, -0.05) is 34.1 Å². The van der Waals surface area contributed by atoms with Crippen molar-refractivity contribution in [1.82, 2.24) is 0 Å². The van der Waals surface area contributed by atoms with Gasteiger partial charge in [0.2, 0.25) is 0 Å². The lowest BCUT2D eigenvalue weighted by Crippen LogP contribution is -2.06. The predicted octanol–water partition coefficient (Wildman–Crippen LogP) is 4.12. The number of hydrogen-bond acceptors (Lipinski definition) is 2. The Morgan fingerprint density at radius 1 is 1.35 bits per heavy atom. The fourth-order valence-corrected chi connectivity index (χ4v) is 3.04. The lowest BCUT2D eigenvalue weighted by atomic mass is 9.94. The van der Waals surface area contributed by atoms with E-state index in [4.69, 9.17) is 5.11 Å². The van der Waals surface area contributed by atoms with Gasteiger partial charge in [0.1, 0.15) is 0 Å². The number of halogens is 1. The molecule has 0 aliphatic rings. The molecule has 1 atom stereocenters. The average molecular weight is 311 g/mol. The normalized spacial score (nSPS) is 12.3. The standard InChI is InChI=1S/C13H11BrO2S/c14-10-4-1-3-9(7-10)11(8-13(15)16)12-5-2-6-17-12/h1-7,11H,8H2,(H,15,16). The Morgan fingerprint density at radius 2 is 2.18 bits per heavy atom. The summed E-state index contributed by atoms with van der Waals surface area (Å²) in [6, 6.07) is 11.8. The van der Waals surface area contributed by atoms with Crippen LogP contribution in [0.4, 0.5) is 0 Å². The van der Waals surface area contributed by atoms with Crippen LogP contribution in [-0.4, -0.2) is 11.1 Å². The molecule has 0 aliphatic carbocycles. The second-order valence-electron chi connectivity index (χ2n) is 3.72. The minimum Gasteiger partial charge on any atom is -0.481 e. The molecule has 88 valence electrons. The molecule has 1 heterocycles.